The van der Waals surface area contributed by atoms with Crippen LogP contribution in [0.15, 0.2) is 16.8 Å². The zero-order valence-electron chi connectivity index (χ0n) is 8.29. The third-order valence-corrected chi connectivity index (χ3v) is 2.70. The molecule has 1 rings (SSSR count). The summed E-state index contributed by atoms with van der Waals surface area (Å²) in [5.41, 5.74) is 0.726. The molecule has 0 radical (unpaired) electrons. The number of halogens is 1. The highest BCUT2D eigenvalue weighted by Gasteiger charge is 2.11. The normalized spacial score (nSPS) is 14.8. The Morgan fingerprint density at radius 1 is 1.64 bits per heavy atom. The van der Waals surface area contributed by atoms with Crippen LogP contribution >= 0.6 is 22.9 Å². The Hall–Kier alpha value is -0.540. The van der Waals surface area contributed by atoms with Crippen LogP contribution in [-0.2, 0) is 0 Å². The first kappa shape index (κ1) is 11.5. The molecule has 1 amide bonds. The average Bonchev–Trinajstić information content (AvgIpc) is 2.53. The van der Waals surface area contributed by atoms with E-state index >= 15 is 0 Å². The standard InChI is InChI=1S/C10H14ClNOS/c1-7(11)5-8(2)12-10(13)9-3-4-14-6-9/h3-4,6-8H,5H2,1-2H3,(H,12,13). The third kappa shape index (κ3) is 3.68. The molecule has 0 saturated carbocycles. The maximum absolute atomic E-state index is 11.6. The minimum absolute atomic E-state index is 0.0175. The molecule has 0 aliphatic rings. The maximum Gasteiger partial charge on any atom is 0.252 e. The lowest BCUT2D eigenvalue weighted by molar-refractivity contribution is 0.0939. The largest absolute Gasteiger partial charge is 0.350 e. The van der Waals surface area contributed by atoms with Gasteiger partial charge in [0.05, 0.1) is 0 Å². The molecule has 0 saturated heterocycles. The van der Waals surface area contributed by atoms with Crippen molar-refractivity contribution in [2.24, 2.45) is 0 Å². The number of amides is 1. The number of nitrogens with one attached hydrogen (secondary N) is 1. The van der Waals surface area contributed by atoms with Gasteiger partial charge in [-0.25, -0.2) is 0 Å². The van der Waals surface area contributed by atoms with Crippen LogP contribution in [0, 0.1) is 0 Å². The van der Waals surface area contributed by atoms with Gasteiger partial charge in [0.1, 0.15) is 0 Å². The second kappa shape index (κ2) is 5.37. The van der Waals surface area contributed by atoms with E-state index in [1.54, 1.807) is 0 Å². The Bertz CT molecular complexity index is 284. The predicted octanol–water partition coefficient (Wildman–Crippen LogP) is 2.88. The molecule has 4 heteroatoms. The van der Waals surface area contributed by atoms with Gasteiger partial charge in [0, 0.05) is 22.4 Å². The van der Waals surface area contributed by atoms with Crippen molar-refractivity contribution in [3.05, 3.63) is 22.4 Å². The lowest BCUT2D eigenvalue weighted by Crippen LogP contribution is -2.33. The van der Waals surface area contributed by atoms with Gasteiger partial charge in [-0.15, -0.1) is 11.6 Å². The fraction of sp³-hybridized carbons (Fsp3) is 0.500. The van der Waals surface area contributed by atoms with Gasteiger partial charge in [-0.3, -0.25) is 4.79 Å². The van der Waals surface area contributed by atoms with Gasteiger partial charge in [0.25, 0.3) is 5.91 Å². The minimum Gasteiger partial charge on any atom is -0.350 e. The Balaban J connectivity index is 2.41. The highest BCUT2D eigenvalue weighted by Crippen LogP contribution is 2.08. The summed E-state index contributed by atoms with van der Waals surface area (Å²) in [6.07, 6.45) is 0.789. The van der Waals surface area contributed by atoms with E-state index in [1.807, 2.05) is 30.7 Å². The molecule has 0 fully saturated rings. The number of rotatable bonds is 4. The summed E-state index contributed by atoms with van der Waals surface area (Å²) in [7, 11) is 0. The van der Waals surface area contributed by atoms with Crippen molar-refractivity contribution in [2.75, 3.05) is 0 Å². The third-order valence-electron chi connectivity index (χ3n) is 1.84. The van der Waals surface area contributed by atoms with Gasteiger partial charge in [0.2, 0.25) is 0 Å². The summed E-state index contributed by atoms with van der Waals surface area (Å²) < 4.78 is 0. The topological polar surface area (TPSA) is 29.1 Å². The van der Waals surface area contributed by atoms with Gasteiger partial charge in [-0.05, 0) is 31.7 Å². The molecule has 0 spiro atoms. The number of hydrogen-bond donors (Lipinski definition) is 1. The molecule has 2 nitrogen and oxygen atoms in total. The van der Waals surface area contributed by atoms with Gasteiger partial charge in [0.15, 0.2) is 0 Å². The second-order valence-corrected chi connectivity index (χ2v) is 4.93. The van der Waals surface area contributed by atoms with Crippen LogP contribution in [0.25, 0.3) is 0 Å². The highest BCUT2D eigenvalue weighted by molar-refractivity contribution is 7.08. The molecule has 1 N–H and O–H groups in total. The second-order valence-electron chi connectivity index (χ2n) is 3.40. The average molecular weight is 232 g/mol. The molecule has 1 aromatic rings. The molecular weight excluding hydrogens is 218 g/mol. The Morgan fingerprint density at radius 3 is 2.86 bits per heavy atom. The quantitative estimate of drug-likeness (QED) is 0.794. The molecule has 0 aromatic carbocycles. The van der Waals surface area contributed by atoms with E-state index in [0.717, 1.165) is 12.0 Å². The van der Waals surface area contributed by atoms with Crippen LogP contribution in [0.5, 0.6) is 0 Å². The van der Waals surface area contributed by atoms with E-state index < -0.39 is 0 Å². The zero-order chi connectivity index (χ0) is 10.6. The Labute approximate surface area is 93.3 Å². The first-order valence-corrected chi connectivity index (χ1v) is 5.94. The van der Waals surface area contributed by atoms with E-state index in [9.17, 15) is 4.79 Å². The lowest BCUT2D eigenvalue weighted by atomic mass is 10.2. The molecular formula is C10H14ClNOS. The SMILES string of the molecule is CC(Cl)CC(C)NC(=O)c1ccsc1. The van der Waals surface area contributed by atoms with Gasteiger partial charge in [-0.1, -0.05) is 0 Å². The molecule has 1 aromatic heterocycles. The zero-order valence-corrected chi connectivity index (χ0v) is 9.86. The Morgan fingerprint density at radius 2 is 2.36 bits per heavy atom. The molecule has 0 aliphatic carbocycles. The van der Waals surface area contributed by atoms with Crippen LogP contribution in [0.1, 0.15) is 30.6 Å². The first-order valence-electron chi connectivity index (χ1n) is 4.56. The fourth-order valence-corrected chi connectivity index (χ4v) is 2.15. The van der Waals surface area contributed by atoms with E-state index in [4.69, 9.17) is 11.6 Å². The smallest absolute Gasteiger partial charge is 0.252 e. The summed E-state index contributed by atoms with van der Waals surface area (Å²) >= 11 is 7.35. The number of carbonyl (C=O) groups is 1. The van der Waals surface area contributed by atoms with Crippen molar-refractivity contribution in [3.63, 3.8) is 0 Å². The summed E-state index contributed by atoms with van der Waals surface area (Å²) in [6, 6.07) is 1.94. The van der Waals surface area contributed by atoms with E-state index in [1.165, 1.54) is 11.3 Å². The highest BCUT2D eigenvalue weighted by atomic mass is 35.5. The van der Waals surface area contributed by atoms with E-state index in [-0.39, 0.29) is 17.3 Å². The van der Waals surface area contributed by atoms with Crippen LogP contribution in [0.3, 0.4) is 0 Å². The lowest BCUT2D eigenvalue weighted by Gasteiger charge is -2.14. The Kier molecular flexibility index (Phi) is 4.42. The first-order chi connectivity index (χ1) is 6.59. The van der Waals surface area contributed by atoms with Gasteiger partial charge < -0.3 is 5.32 Å². The van der Waals surface area contributed by atoms with E-state index in [0.29, 0.717) is 0 Å². The molecule has 14 heavy (non-hydrogen) atoms. The predicted molar refractivity (Wildman–Crippen MR) is 61.2 cm³/mol. The monoisotopic (exact) mass is 231 g/mol. The van der Waals surface area contributed by atoms with Gasteiger partial charge >= 0.3 is 0 Å². The molecule has 78 valence electrons. The van der Waals surface area contributed by atoms with Gasteiger partial charge in [-0.2, -0.15) is 11.3 Å². The van der Waals surface area contributed by atoms with Crippen LogP contribution in [0.2, 0.25) is 0 Å². The summed E-state index contributed by atoms with van der Waals surface area (Å²) in [5, 5.41) is 6.72. The summed E-state index contributed by atoms with van der Waals surface area (Å²) in [6.45, 7) is 3.89. The molecule has 2 atom stereocenters. The molecule has 0 aliphatic heterocycles. The van der Waals surface area contributed by atoms with Crippen LogP contribution in [0.4, 0.5) is 0 Å². The van der Waals surface area contributed by atoms with E-state index in [2.05, 4.69) is 5.32 Å². The van der Waals surface area contributed by atoms with Crippen molar-refractivity contribution in [2.45, 2.75) is 31.7 Å². The summed E-state index contributed by atoms with van der Waals surface area (Å²) in [5.74, 6) is -0.0175. The van der Waals surface area contributed by atoms with Crippen LogP contribution < -0.4 is 5.32 Å². The molecule has 1 heterocycles. The summed E-state index contributed by atoms with van der Waals surface area (Å²) in [4.78, 5) is 11.6. The number of thiophene rings is 1. The van der Waals surface area contributed by atoms with Crippen molar-refractivity contribution in [1.29, 1.82) is 0 Å². The molecule has 2 unspecified atom stereocenters. The maximum atomic E-state index is 11.6. The van der Waals surface area contributed by atoms with Crippen molar-refractivity contribution in [3.8, 4) is 0 Å². The fourth-order valence-electron chi connectivity index (χ4n) is 1.25. The molecule has 0 bridgehead atoms. The van der Waals surface area contributed by atoms with Crippen molar-refractivity contribution in [1.82, 2.24) is 5.32 Å². The number of hydrogen-bond acceptors (Lipinski definition) is 2. The van der Waals surface area contributed by atoms with Crippen LogP contribution in [-0.4, -0.2) is 17.3 Å². The number of alkyl halides is 1. The minimum atomic E-state index is -0.0175. The van der Waals surface area contributed by atoms with Crippen molar-refractivity contribution < 1.29 is 4.79 Å². The number of carbonyl (C=O) groups excluding carboxylic acids is 1. The van der Waals surface area contributed by atoms with Crippen molar-refractivity contribution >= 4 is 28.8 Å².